The zero-order chi connectivity index (χ0) is 11.4. The molecule has 0 aliphatic rings. The van der Waals surface area contributed by atoms with E-state index in [-0.39, 0.29) is 0 Å². The van der Waals surface area contributed by atoms with E-state index in [2.05, 4.69) is 5.32 Å². The van der Waals surface area contributed by atoms with Gasteiger partial charge >= 0.3 is 0 Å². The van der Waals surface area contributed by atoms with Crippen LogP contribution in [0.5, 0.6) is 0 Å². The molecule has 4 heteroatoms. The average Bonchev–Trinajstić information content (AvgIpc) is 2.19. The first-order chi connectivity index (χ1) is 7.04. The van der Waals surface area contributed by atoms with Crippen LogP contribution in [0.4, 0.5) is 8.78 Å². The number of rotatable bonds is 4. The highest BCUT2D eigenvalue weighted by Crippen LogP contribution is 2.18. The van der Waals surface area contributed by atoms with E-state index in [1.165, 1.54) is 0 Å². The van der Waals surface area contributed by atoms with Crippen molar-refractivity contribution in [2.24, 2.45) is 0 Å². The molecule has 0 heterocycles. The second-order valence-corrected chi connectivity index (χ2v) is 3.92. The number of aryl methyl sites for hydroxylation is 1. The molecule has 1 N–H and O–H groups in total. The summed E-state index contributed by atoms with van der Waals surface area (Å²) in [6.45, 7) is 1.86. The minimum atomic E-state index is -2.36. The van der Waals surface area contributed by atoms with Gasteiger partial charge in [0.05, 0.1) is 6.04 Å². The van der Waals surface area contributed by atoms with Crippen molar-refractivity contribution in [2.45, 2.75) is 25.8 Å². The predicted molar refractivity (Wildman–Crippen MR) is 58.7 cm³/mol. The summed E-state index contributed by atoms with van der Waals surface area (Å²) in [5.74, 6) is 0. The van der Waals surface area contributed by atoms with Gasteiger partial charge in [-0.1, -0.05) is 23.7 Å². The van der Waals surface area contributed by atoms with Crippen molar-refractivity contribution in [3.63, 3.8) is 0 Å². The van der Waals surface area contributed by atoms with Gasteiger partial charge in [0.1, 0.15) is 0 Å². The lowest BCUT2D eigenvalue weighted by atomic mass is 10.0. The first kappa shape index (κ1) is 12.4. The van der Waals surface area contributed by atoms with Crippen molar-refractivity contribution < 1.29 is 8.78 Å². The van der Waals surface area contributed by atoms with Crippen molar-refractivity contribution in [1.29, 1.82) is 0 Å². The lowest BCUT2D eigenvalue weighted by molar-refractivity contribution is 0.102. The van der Waals surface area contributed by atoms with Gasteiger partial charge in [-0.2, -0.15) is 0 Å². The smallest absolute Gasteiger partial charge is 0.254 e. The largest absolute Gasteiger partial charge is 0.312 e. The fourth-order valence-corrected chi connectivity index (χ4v) is 1.52. The van der Waals surface area contributed by atoms with Crippen molar-refractivity contribution in [1.82, 2.24) is 5.32 Å². The van der Waals surface area contributed by atoms with Crippen LogP contribution in [0, 0.1) is 6.92 Å². The zero-order valence-electron chi connectivity index (χ0n) is 8.73. The van der Waals surface area contributed by atoms with Crippen LogP contribution in [0.1, 0.15) is 11.1 Å². The average molecular weight is 234 g/mol. The van der Waals surface area contributed by atoms with Crippen molar-refractivity contribution in [3.05, 3.63) is 34.3 Å². The summed E-state index contributed by atoms with van der Waals surface area (Å²) < 4.78 is 25.0. The molecule has 1 atom stereocenters. The molecule has 0 amide bonds. The SMILES string of the molecule is CNC(Cc1ccc(Cl)c(C)c1)C(F)F. The first-order valence-electron chi connectivity index (χ1n) is 4.75. The number of hydrogen-bond acceptors (Lipinski definition) is 1. The molecule has 0 fully saturated rings. The maximum absolute atomic E-state index is 12.5. The van der Waals surface area contributed by atoms with Gasteiger partial charge in [-0.05, 0) is 37.6 Å². The van der Waals surface area contributed by atoms with Gasteiger partial charge in [0.2, 0.25) is 0 Å². The van der Waals surface area contributed by atoms with Crippen LogP contribution >= 0.6 is 11.6 Å². The Morgan fingerprint density at radius 3 is 2.53 bits per heavy atom. The van der Waals surface area contributed by atoms with Gasteiger partial charge in [0.15, 0.2) is 0 Å². The summed E-state index contributed by atoms with van der Waals surface area (Å²) in [5, 5.41) is 3.26. The van der Waals surface area contributed by atoms with Crippen molar-refractivity contribution in [3.8, 4) is 0 Å². The molecule has 0 saturated heterocycles. The molecule has 1 rings (SSSR count). The molecule has 1 aromatic carbocycles. The predicted octanol–water partition coefficient (Wildman–Crippen LogP) is 3.04. The number of likely N-dealkylation sites (N-methyl/N-ethyl adjacent to an activating group) is 1. The highest BCUT2D eigenvalue weighted by Gasteiger charge is 2.18. The first-order valence-corrected chi connectivity index (χ1v) is 5.13. The lowest BCUT2D eigenvalue weighted by Crippen LogP contribution is -2.34. The Morgan fingerprint density at radius 2 is 2.07 bits per heavy atom. The van der Waals surface area contributed by atoms with E-state index < -0.39 is 12.5 Å². The summed E-state index contributed by atoms with van der Waals surface area (Å²) in [4.78, 5) is 0. The van der Waals surface area contributed by atoms with Gasteiger partial charge in [0.25, 0.3) is 6.43 Å². The molecule has 1 nitrogen and oxygen atoms in total. The number of benzene rings is 1. The van der Waals surface area contributed by atoms with Gasteiger partial charge in [0, 0.05) is 5.02 Å². The minimum Gasteiger partial charge on any atom is -0.312 e. The quantitative estimate of drug-likeness (QED) is 0.843. The zero-order valence-corrected chi connectivity index (χ0v) is 9.48. The third-order valence-corrected chi connectivity index (χ3v) is 2.78. The summed E-state index contributed by atoms with van der Waals surface area (Å²) in [6, 6.07) is 4.56. The lowest BCUT2D eigenvalue weighted by Gasteiger charge is -2.15. The third-order valence-electron chi connectivity index (χ3n) is 2.35. The summed E-state index contributed by atoms with van der Waals surface area (Å²) in [6.07, 6.45) is -2.04. The molecular formula is C11H14ClF2N. The second kappa shape index (κ2) is 5.42. The molecule has 1 unspecified atom stereocenters. The fraction of sp³-hybridized carbons (Fsp3) is 0.455. The standard InChI is InChI=1S/C11H14ClF2N/c1-7-5-8(3-4-9(7)12)6-10(15-2)11(13)14/h3-5,10-11,15H,6H2,1-2H3. The minimum absolute atomic E-state index is 0.312. The summed E-state index contributed by atoms with van der Waals surface area (Å²) >= 11 is 5.85. The van der Waals surface area contributed by atoms with E-state index in [1.807, 2.05) is 13.0 Å². The molecule has 0 spiro atoms. The Bertz CT molecular complexity index is 328. The van der Waals surface area contributed by atoms with E-state index in [1.54, 1.807) is 19.2 Å². The molecule has 0 aliphatic carbocycles. The third kappa shape index (κ3) is 3.43. The van der Waals surface area contributed by atoms with Gasteiger partial charge < -0.3 is 5.32 Å². The van der Waals surface area contributed by atoms with Gasteiger partial charge in [-0.3, -0.25) is 0 Å². The number of alkyl halides is 2. The second-order valence-electron chi connectivity index (χ2n) is 3.52. The number of halogens is 3. The Morgan fingerprint density at radius 1 is 1.40 bits per heavy atom. The van der Waals surface area contributed by atoms with Crippen molar-refractivity contribution >= 4 is 11.6 Å². The van der Waals surface area contributed by atoms with Crippen LogP contribution in [0.15, 0.2) is 18.2 Å². The van der Waals surface area contributed by atoms with Crippen LogP contribution in [0.2, 0.25) is 5.02 Å². The maximum Gasteiger partial charge on any atom is 0.254 e. The Labute approximate surface area is 93.4 Å². The highest BCUT2D eigenvalue weighted by atomic mass is 35.5. The summed E-state index contributed by atoms with van der Waals surface area (Å²) in [7, 11) is 1.54. The maximum atomic E-state index is 12.5. The normalized spacial score (nSPS) is 13.2. The fourth-order valence-electron chi connectivity index (χ4n) is 1.40. The van der Waals surface area contributed by atoms with Crippen molar-refractivity contribution in [2.75, 3.05) is 7.05 Å². The Kier molecular flexibility index (Phi) is 4.48. The van der Waals surface area contributed by atoms with E-state index in [9.17, 15) is 8.78 Å². The monoisotopic (exact) mass is 233 g/mol. The molecule has 0 aliphatic heterocycles. The van der Waals surface area contributed by atoms with Gasteiger partial charge in [-0.25, -0.2) is 8.78 Å². The van der Waals surface area contributed by atoms with E-state index in [0.717, 1.165) is 11.1 Å². The number of hydrogen-bond donors (Lipinski definition) is 1. The molecule has 0 aromatic heterocycles. The van der Waals surface area contributed by atoms with Crippen LogP contribution in [0.25, 0.3) is 0 Å². The van der Waals surface area contributed by atoms with E-state index in [0.29, 0.717) is 11.4 Å². The number of nitrogens with one attached hydrogen (secondary N) is 1. The molecule has 0 saturated carbocycles. The topological polar surface area (TPSA) is 12.0 Å². The highest BCUT2D eigenvalue weighted by molar-refractivity contribution is 6.31. The molecule has 1 aromatic rings. The molecule has 0 bridgehead atoms. The Hall–Kier alpha value is -0.670. The van der Waals surface area contributed by atoms with Crippen LogP contribution in [0.3, 0.4) is 0 Å². The Balaban J connectivity index is 2.75. The summed E-state index contributed by atoms with van der Waals surface area (Å²) in [5.41, 5.74) is 1.79. The molecule has 84 valence electrons. The van der Waals surface area contributed by atoms with Gasteiger partial charge in [-0.15, -0.1) is 0 Å². The van der Waals surface area contributed by atoms with Crippen LogP contribution < -0.4 is 5.32 Å². The molecular weight excluding hydrogens is 220 g/mol. The van der Waals surface area contributed by atoms with E-state index >= 15 is 0 Å². The molecule has 15 heavy (non-hydrogen) atoms. The van der Waals surface area contributed by atoms with E-state index in [4.69, 9.17) is 11.6 Å². The van der Waals surface area contributed by atoms with Crippen LogP contribution in [-0.4, -0.2) is 19.5 Å². The van der Waals surface area contributed by atoms with Crippen LogP contribution in [-0.2, 0) is 6.42 Å². The molecule has 0 radical (unpaired) electrons.